The molecule has 2 aromatic heterocycles. The summed E-state index contributed by atoms with van der Waals surface area (Å²) in [5.74, 6) is 0.892. The van der Waals surface area contributed by atoms with Gasteiger partial charge in [0.2, 0.25) is 0 Å². The smallest absolute Gasteiger partial charge is 0.125 e. The van der Waals surface area contributed by atoms with Crippen molar-refractivity contribution in [2.24, 2.45) is 0 Å². The summed E-state index contributed by atoms with van der Waals surface area (Å²) in [4.78, 5) is 14.3. The van der Waals surface area contributed by atoms with Crippen molar-refractivity contribution in [1.82, 2.24) is 14.9 Å². The summed E-state index contributed by atoms with van der Waals surface area (Å²) >= 11 is 0. The van der Waals surface area contributed by atoms with Crippen molar-refractivity contribution in [2.75, 3.05) is 56.7 Å². The molecule has 7 nitrogen and oxygen atoms in total. The second kappa shape index (κ2) is 11.2. The summed E-state index contributed by atoms with van der Waals surface area (Å²) in [6.07, 6.45) is 12.0. The fraction of sp³-hybridized carbons (Fsp3) is 0.533. The molecule has 0 atom stereocenters. The van der Waals surface area contributed by atoms with Crippen molar-refractivity contribution in [3.63, 3.8) is 0 Å². The molecule has 3 aromatic rings. The fourth-order valence-electron chi connectivity index (χ4n) is 6.21. The van der Waals surface area contributed by atoms with E-state index in [4.69, 9.17) is 14.5 Å². The lowest BCUT2D eigenvalue weighted by Gasteiger charge is -2.34. The number of likely N-dealkylation sites (tertiary alicyclic amines) is 1. The van der Waals surface area contributed by atoms with Crippen molar-refractivity contribution in [3.8, 4) is 5.75 Å². The molecule has 3 aliphatic rings. The van der Waals surface area contributed by atoms with Crippen LogP contribution in [0.15, 0.2) is 36.7 Å². The van der Waals surface area contributed by atoms with Gasteiger partial charge in [0, 0.05) is 54.2 Å². The first-order valence-electron chi connectivity index (χ1n) is 14.0. The number of piperidine rings is 1. The molecule has 2 aliphatic heterocycles. The zero-order valence-corrected chi connectivity index (χ0v) is 22.0. The molecule has 1 N–H and O–H groups in total. The van der Waals surface area contributed by atoms with Gasteiger partial charge in [-0.15, -0.1) is 0 Å². The van der Waals surface area contributed by atoms with Crippen LogP contribution in [0.1, 0.15) is 48.9 Å². The largest absolute Gasteiger partial charge is 0.496 e. The van der Waals surface area contributed by atoms with Gasteiger partial charge in [-0.3, -0.25) is 9.97 Å². The molecule has 1 aliphatic carbocycles. The zero-order chi connectivity index (χ0) is 25.0. The maximum absolute atomic E-state index is 6.09. The van der Waals surface area contributed by atoms with Gasteiger partial charge in [0.1, 0.15) is 5.75 Å². The Hall–Kier alpha value is -2.90. The van der Waals surface area contributed by atoms with E-state index in [9.17, 15) is 0 Å². The van der Waals surface area contributed by atoms with Gasteiger partial charge >= 0.3 is 0 Å². The Kier molecular flexibility index (Phi) is 7.42. The molecule has 1 aromatic carbocycles. The number of rotatable bonds is 9. The predicted octanol–water partition coefficient (Wildman–Crippen LogP) is 4.82. The van der Waals surface area contributed by atoms with Gasteiger partial charge in [-0.2, -0.15) is 0 Å². The van der Waals surface area contributed by atoms with Crippen LogP contribution in [0.5, 0.6) is 5.75 Å². The normalized spacial score (nSPS) is 18.5. The number of pyridine rings is 2. The van der Waals surface area contributed by atoms with E-state index in [1.165, 1.54) is 60.4 Å². The molecule has 0 spiro atoms. The third kappa shape index (κ3) is 5.39. The highest BCUT2D eigenvalue weighted by molar-refractivity contribution is 5.95. The van der Waals surface area contributed by atoms with E-state index in [2.05, 4.69) is 38.3 Å². The van der Waals surface area contributed by atoms with Crippen molar-refractivity contribution < 1.29 is 9.47 Å². The Balaban J connectivity index is 1.19. The predicted molar refractivity (Wildman–Crippen MR) is 149 cm³/mol. The zero-order valence-electron chi connectivity index (χ0n) is 22.0. The molecule has 7 heteroatoms. The third-order valence-corrected chi connectivity index (χ3v) is 8.28. The van der Waals surface area contributed by atoms with Crippen molar-refractivity contribution in [3.05, 3.63) is 53.5 Å². The van der Waals surface area contributed by atoms with Crippen LogP contribution in [-0.2, 0) is 24.2 Å². The van der Waals surface area contributed by atoms with Crippen LogP contribution in [0.3, 0.4) is 0 Å². The number of benzene rings is 1. The quantitative estimate of drug-likeness (QED) is 0.422. The summed E-state index contributed by atoms with van der Waals surface area (Å²) in [6.45, 7) is 6.81. The monoisotopic (exact) mass is 501 g/mol. The van der Waals surface area contributed by atoms with E-state index < -0.39 is 0 Å². The molecule has 0 bridgehead atoms. The van der Waals surface area contributed by atoms with Crippen LogP contribution in [0.25, 0.3) is 10.9 Å². The van der Waals surface area contributed by atoms with Crippen LogP contribution >= 0.6 is 0 Å². The van der Waals surface area contributed by atoms with Gasteiger partial charge in [-0.05, 0) is 87.9 Å². The molecule has 4 heterocycles. The topological polar surface area (TPSA) is 62.8 Å². The molecule has 0 amide bonds. The molecule has 37 heavy (non-hydrogen) atoms. The molecular weight excluding hydrogens is 462 g/mol. The Bertz CT molecular complexity index is 1200. The number of hydrogen-bond acceptors (Lipinski definition) is 7. The van der Waals surface area contributed by atoms with Gasteiger partial charge in [-0.1, -0.05) is 0 Å². The van der Waals surface area contributed by atoms with Crippen molar-refractivity contribution >= 4 is 22.3 Å². The molecule has 2 fully saturated rings. The lowest BCUT2D eigenvalue weighted by Crippen LogP contribution is -2.39. The number of aryl methyl sites for hydroxylation is 1. The second-order valence-corrected chi connectivity index (χ2v) is 10.7. The summed E-state index contributed by atoms with van der Waals surface area (Å²) in [7, 11) is 1.76. The minimum Gasteiger partial charge on any atom is -0.496 e. The molecule has 0 saturated carbocycles. The first kappa shape index (κ1) is 24.4. The van der Waals surface area contributed by atoms with E-state index in [1.54, 1.807) is 7.11 Å². The standard InChI is InChI=1S/C30H39N5O2/c1-36-29-19-26-28(18-22(29)21-37-17-16-34-12-2-3-13-34)33-27-8-4-7-25(27)30(26)32-23-9-14-35(15-10-23)24-6-5-11-31-20-24/h5-6,11,18-20,23H,2-4,7-10,12-17,21H2,1H3,(H,32,33). The highest BCUT2D eigenvalue weighted by Gasteiger charge is 2.25. The molecule has 0 unspecified atom stereocenters. The van der Waals surface area contributed by atoms with Crippen molar-refractivity contribution in [2.45, 2.75) is 57.6 Å². The third-order valence-electron chi connectivity index (χ3n) is 8.28. The number of ether oxygens (including phenoxy) is 2. The van der Waals surface area contributed by atoms with Crippen LogP contribution in [-0.4, -0.2) is 67.4 Å². The minimum atomic E-state index is 0.447. The number of nitrogens with zero attached hydrogens (tertiary/aromatic N) is 4. The van der Waals surface area contributed by atoms with Gasteiger partial charge in [0.15, 0.2) is 0 Å². The minimum absolute atomic E-state index is 0.447. The highest BCUT2D eigenvalue weighted by atomic mass is 16.5. The number of aromatic nitrogens is 2. The summed E-state index contributed by atoms with van der Waals surface area (Å²) in [6, 6.07) is 9.00. The molecule has 6 rings (SSSR count). The van der Waals surface area contributed by atoms with Crippen LogP contribution in [0.4, 0.5) is 11.4 Å². The maximum Gasteiger partial charge on any atom is 0.125 e. The summed E-state index contributed by atoms with van der Waals surface area (Å²) in [5, 5.41) is 5.15. The van der Waals surface area contributed by atoms with Gasteiger partial charge < -0.3 is 24.6 Å². The van der Waals surface area contributed by atoms with E-state index in [0.717, 1.165) is 68.8 Å². The van der Waals surface area contributed by atoms with E-state index in [0.29, 0.717) is 12.6 Å². The lowest BCUT2D eigenvalue weighted by molar-refractivity contribution is 0.0979. The first-order valence-corrected chi connectivity index (χ1v) is 14.0. The van der Waals surface area contributed by atoms with Crippen molar-refractivity contribution in [1.29, 1.82) is 0 Å². The molecular formula is C30H39N5O2. The SMILES string of the molecule is COc1cc2c(NC3CCN(c4cccnc4)CC3)c3c(nc2cc1COCCN1CCCC1)CCC3. The molecule has 196 valence electrons. The Morgan fingerprint density at radius 2 is 1.92 bits per heavy atom. The number of nitrogens with one attached hydrogen (secondary N) is 1. The first-order chi connectivity index (χ1) is 18.3. The fourth-order valence-corrected chi connectivity index (χ4v) is 6.21. The average Bonchev–Trinajstić information content (AvgIpc) is 3.64. The van der Waals surface area contributed by atoms with Crippen LogP contribution in [0, 0.1) is 0 Å². The number of anilines is 2. The Morgan fingerprint density at radius 3 is 2.70 bits per heavy atom. The average molecular weight is 502 g/mol. The van der Waals surface area contributed by atoms with E-state index in [1.807, 2.05) is 18.5 Å². The molecule has 0 radical (unpaired) electrons. The lowest BCUT2D eigenvalue weighted by atomic mass is 10.00. The number of methoxy groups -OCH3 is 1. The van der Waals surface area contributed by atoms with E-state index in [-0.39, 0.29) is 0 Å². The van der Waals surface area contributed by atoms with Crippen LogP contribution in [0.2, 0.25) is 0 Å². The summed E-state index contributed by atoms with van der Waals surface area (Å²) < 4.78 is 11.9. The highest BCUT2D eigenvalue weighted by Crippen LogP contribution is 2.38. The molecule has 2 saturated heterocycles. The van der Waals surface area contributed by atoms with Crippen LogP contribution < -0.4 is 15.0 Å². The number of hydrogen-bond donors (Lipinski definition) is 1. The Morgan fingerprint density at radius 1 is 1.05 bits per heavy atom. The maximum atomic E-state index is 6.09. The van der Waals surface area contributed by atoms with Gasteiger partial charge in [0.25, 0.3) is 0 Å². The number of fused-ring (bicyclic) bond motifs is 2. The Labute approximate surface area is 220 Å². The second-order valence-electron chi connectivity index (χ2n) is 10.7. The van der Waals surface area contributed by atoms with E-state index >= 15 is 0 Å². The van der Waals surface area contributed by atoms with Gasteiger partial charge in [-0.25, -0.2) is 0 Å². The van der Waals surface area contributed by atoms with Gasteiger partial charge in [0.05, 0.1) is 37.7 Å². The summed E-state index contributed by atoms with van der Waals surface area (Å²) in [5.41, 5.74) is 7.29.